The van der Waals surface area contributed by atoms with E-state index >= 15 is 0 Å². The van der Waals surface area contributed by atoms with Crippen LogP contribution in [0.2, 0.25) is 0 Å². The second kappa shape index (κ2) is 5.69. The van der Waals surface area contributed by atoms with E-state index in [9.17, 15) is 27.6 Å². The Labute approximate surface area is 133 Å². The molecule has 0 aliphatic carbocycles. The Hall–Kier alpha value is -2.78. The third-order valence-electron chi connectivity index (χ3n) is 3.61. The molecule has 2 fully saturated rings. The summed E-state index contributed by atoms with van der Waals surface area (Å²) < 4.78 is 45.0. The van der Waals surface area contributed by atoms with E-state index in [1.54, 1.807) is 0 Å². The summed E-state index contributed by atoms with van der Waals surface area (Å²) >= 11 is 0. The molecule has 128 valence electrons. The van der Waals surface area contributed by atoms with Crippen molar-refractivity contribution in [2.45, 2.75) is 12.4 Å². The lowest BCUT2D eigenvalue weighted by Crippen LogP contribution is -2.62. The molecule has 0 N–H and O–H groups in total. The van der Waals surface area contributed by atoms with E-state index in [4.69, 9.17) is 0 Å². The number of carbonyl (C=O) groups is 3. The first-order valence-corrected chi connectivity index (χ1v) is 6.88. The zero-order valence-electron chi connectivity index (χ0n) is 12.1. The SMILES string of the molecule is O=C(c1cccc(OC(F)(F)F)c1)N1CC(N2C(=O)COC2=O)C1. The fourth-order valence-electron chi connectivity index (χ4n) is 2.51. The largest absolute Gasteiger partial charge is 0.573 e. The minimum absolute atomic E-state index is 0.0190. The molecule has 0 spiro atoms. The van der Waals surface area contributed by atoms with Gasteiger partial charge in [0, 0.05) is 18.7 Å². The predicted octanol–water partition coefficient (Wildman–Crippen LogP) is 1.39. The number of benzene rings is 1. The maximum atomic E-state index is 12.2. The number of alkyl halides is 3. The zero-order valence-corrected chi connectivity index (χ0v) is 12.1. The van der Waals surface area contributed by atoms with Gasteiger partial charge in [0.1, 0.15) is 5.75 Å². The molecule has 2 saturated heterocycles. The van der Waals surface area contributed by atoms with Crippen LogP contribution in [0.25, 0.3) is 0 Å². The van der Waals surface area contributed by atoms with Crippen LogP contribution < -0.4 is 4.74 Å². The number of ether oxygens (including phenoxy) is 2. The highest BCUT2D eigenvalue weighted by Crippen LogP contribution is 2.26. The Morgan fingerprint density at radius 2 is 1.96 bits per heavy atom. The molecule has 1 aromatic rings. The molecule has 3 rings (SSSR count). The van der Waals surface area contributed by atoms with Crippen molar-refractivity contribution in [1.29, 1.82) is 0 Å². The van der Waals surface area contributed by atoms with Gasteiger partial charge in [-0.25, -0.2) is 9.69 Å². The molecule has 24 heavy (non-hydrogen) atoms. The Morgan fingerprint density at radius 3 is 2.54 bits per heavy atom. The number of halogens is 3. The van der Waals surface area contributed by atoms with Gasteiger partial charge in [-0.15, -0.1) is 13.2 Å². The maximum absolute atomic E-state index is 12.2. The first kappa shape index (κ1) is 16.1. The van der Waals surface area contributed by atoms with Gasteiger partial charge < -0.3 is 14.4 Å². The summed E-state index contributed by atoms with van der Waals surface area (Å²) in [5.41, 5.74) is 0.0190. The van der Waals surface area contributed by atoms with E-state index in [1.807, 2.05) is 0 Å². The number of cyclic esters (lactones) is 1. The molecule has 0 saturated carbocycles. The quantitative estimate of drug-likeness (QED) is 0.828. The Balaban J connectivity index is 1.63. The smallest absolute Gasteiger partial charge is 0.439 e. The fourth-order valence-corrected chi connectivity index (χ4v) is 2.51. The number of carbonyl (C=O) groups excluding carboxylic acids is 3. The number of rotatable bonds is 3. The number of hydrogen-bond donors (Lipinski definition) is 0. The lowest BCUT2D eigenvalue weighted by Gasteiger charge is -2.41. The summed E-state index contributed by atoms with van der Waals surface area (Å²) in [6.07, 6.45) is -5.60. The second-order valence-corrected chi connectivity index (χ2v) is 5.26. The van der Waals surface area contributed by atoms with Gasteiger partial charge in [-0.2, -0.15) is 0 Å². The summed E-state index contributed by atoms with van der Waals surface area (Å²) in [5, 5.41) is 0. The Kier molecular flexibility index (Phi) is 3.82. The third kappa shape index (κ3) is 3.12. The molecule has 2 aliphatic heterocycles. The van der Waals surface area contributed by atoms with Crippen molar-refractivity contribution < 1.29 is 37.0 Å². The van der Waals surface area contributed by atoms with E-state index < -0.39 is 36.1 Å². The summed E-state index contributed by atoms with van der Waals surface area (Å²) in [7, 11) is 0. The predicted molar refractivity (Wildman–Crippen MR) is 71.0 cm³/mol. The molecular formula is C14H11F3N2O5. The molecule has 0 aromatic heterocycles. The average Bonchev–Trinajstić information content (AvgIpc) is 2.76. The first-order valence-electron chi connectivity index (χ1n) is 6.88. The van der Waals surface area contributed by atoms with Crippen LogP contribution in [0.5, 0.6) is 5.75 Å². The van der Waals surface area contributed by atoms with Gasteiger partial charge in [0.2, 0.25) is 0 Å². The second-order valence-electron chi connectivity index (χ2n) is 5.26. The van der Waals surface area contributed by atoms with Gasteiger partial charge in [0.15, 0.2) is 6.61 Å². The monoisotopic (exact) mass is 344 g/mol. The third-order valence-corrected chi connectivity index (χ3v) is 3.61. The van der Waals surface area contributed by atoms with E-state index in [0.717, 1.165) is 17.0 Å². The minimum Gasteiger partial charge on any atom is -0.439 e. The highest BCUT2D eigenvalue weighted by Gasteiger charge is 2.44. The van der Waals surface area contributed by atoms with Crippen LogP contribution in [0.3, 0.4) is 0 Å². The number of imide groups is 1. The number of nitrogens with zero attached hydrogens (tertiary/aromatic N) is 2. The number of likely N-dealkylation sites (tertiary alicyclic amines) is 1. The lowest BCUT2D eigenvalue weighted by atomic mass is 10.0. The molecule has 10 heteroatoms. The molecule has 0 radical (unpaired) electrons. The van der Waals surface area contributed by atoms with Crippen LogP contribution in [-0.2, 0) is 9.53 Å². The fraction of sp³-hybridized carbons (Fsp3) is 0.357. The summed E-state index contributed by atoms with van der Waals surface area (Å²) in [5.74, 6) is -1.49. The molecule has 0 atom stereocenters. The van der Waals surface area contributed by atoms with Crippen molar-refractivity contribution in [2.24, 2.45) is 0 Å². The van der Waals surface area contributed by atoms with Crippen molar-refractivity contribution in [2.75, 3.05) is 19.7 Å². The molecule has 3 amide bonds. The summed E-state index contributed by atoms with van der Waals surface area (Å²) in [4.78, 5) is 37.4. The van der Waals surface area contributed by atoms with Gasteiger partial charge in [-0.3, -0.25) is 9.59 Å². The van der Waals surface area contributed by atoms with Crippen LogP contribution >= 0.6 is 0 Å². The van der Waals surface area contributed by atoms with Gasteiger partial charge in [0.05, 0.1) is 6.04 Å². The lowest BCUT2D eigenvalue weighted by molar-refractivity contribution is -0.274. The van der Waals surface area contributed by atoms with E-state index in [2.05, 4.69) is 9.47 Å². The van der Waals surface area contributed by atoms with Gasteiger partial charge in [0.25, 0.3) is 11.8 Å². The van der Waals surface area contributed by atoms with Crippen LogP contribution in [0.1, 0.15) is 10.4 Å². The molecule has 0 unspecified atom stereocenters. The summed E-state index contributed by atoms with van der Waals surface area (Å²) in [6, 6.07) is 4.22. The van der Waals surface area contributed by atoms with Crippen molar-refractivity contribution in [1.82, 2.24) is 9.80 Å². The molecule has 7 nitrogen and oxygen atoms in total. The van der Waals surface area contributed by atoms with E-state index in [-0.39, 0.29) is 25.3 Å². The van der Waals surface area contributed by atoms with Crippen LogP contribution in [0.15, 0.2) is 24.3 Å². The molecule has 2 heterocycles. The maximum Gasteiger partial charge on any atom is 0.573 e. The Morgan fingerprint density at radius 1 is 1.25 bits per heavy atom. The van der Waals surface area contributed by atoms with Crippen molar-refractivity contribution >= 4 is 17.9 Å². The van der Waals surface area contributed by atoms with E-state index in [1.165, 1.54) is 17.0 Å². The van der Waals surface area contributed by atoms with Crippen molar-refractivity contribution in [3.8, 4) is 5.75 Å². The number of hydrogen-bond acceptors (Lipinski definition) is 5. The molecule has 1 aromatic carbocycles. The molecule has 2 aliphatic rings. The number of amides is 3. The van der Waals surface area contributed by atoms with Crippen molar-refractivity contribution in [3.05, 3.63) is 29.8 Å². The van der Waals surface area contributed by atoms with Gasteiger partial charge >= 0.3 is 12.5 Å². The van der Waals surface area contributed by atoms with Crippen LogP contribution in [-0.4, -0.2) is 59.8 Å². The first-order chi connectivity index (χ1) is 11.2. The molecule has 0 bridgehead atoms. The average molecular weight is 344 g/mol. The van der Waals surface area contributed by atoms with E-state index in [0.29, 0.717) is 0 Å². The van der Waals surface area contributed by atoms with Crippen LogP contribution in [0, 0.1) is 0 Å². The van der Waals surface area contributed by atoms with Gasteiger partial charge in [-0.1, -0.05) is 6.07 Å². The minimum atomic E-state index is -4.85. The summed E-state index contributed by atoms with van der Waals surface area (Å²) in [6.45, 7) is -0.117. The normalized spacial score (nSPS) is 18.5. The van der Waals surface area contributed by atoms with Gasteiger partial charge in [-0.05, 0) is 18.2 Å². The highest BCUT2D eigenvalue weighted by molar-refractivity contribution is 5.99. The topological polar surface area (TPSA) is 76.2 Å². The molecular weight excluding hydrogens is 333 g/mol. The zero-order chi connectivity index (χ0) is 17.5. The Bertz CT molecular complexity index is 684. The van der Waals surface area contributed by atoms with Crippen LogP contribution in [0.4, 0.5) is 18.0 Å². The van der Waals surface area contributed by atoms with Crippen molar-refractivity contribution in [3.63, 3.8) is 0 Å². The standard InChI is InChI=1S/C14H11F3N2O5/c15-14(16,17)24-10-3-1-2-8(4-10)12(21)18-5-9(6-18)19-11(20)7-23-13(19)22/h1-4,9H,5-7H2. The highest BCUT2D eigenvalue weighted by atomic mass is 19.4.